The summed E-state index contributed by atoms with van der Waals surface area (Å²) in [5, 5.41) is 0. The first-order valence-electron chi connectivity index (χ1n) is 6.74. The fourth-order valence-electron chi connectivity index (χ4n) is 3.49. The minimum Gasteiger partial charge on any atom is -0.373 e. The smallest absolute Gasteiger partial charge is 0.139 e. The fraction of sp³-hybridized carbons (Fsp3) is 0.500. The van der Waals surface area contributed by atoms with Gasteiger partial charge in [-0.1, -0.05) is 0 Å². The summed E-state index contributed by atoms with van der Waals surface area (Å²) in [5.41, 5.74) is 1.58. The van der Waals surface area contributed by atoms with Crippen molar-refractivity contribution in [1.82, 2.24) is 9.55 Å². The van der Waals surface area contributed by atoms with Gasteiger partial charge < -0.3 is 9.30 Å². The third-order valence-electron chi connectivity index (χ3n) is 4.33. The van der Waals surface area contributed by atoms with Crippen molar-refractivity contribution in [3.63, 3.8) is 0 Å². The quantitative estimate of drug-likeness (QED) is 0.753. The molecule has 0 saturated carbocycles. The van der Waals surface area contributed by atoms with Gasteiger partial charge >= 0.3 is 0 Å². The molecule has 3 atom stereocenters. The molecule has 2 aliphatic rings. The first-order chi connectivity index (χ1) is 9.67. The number of fused-ring (bicyclic) bond motifs is 3. The van der Waals surface area contributed by atoms with Gasteiger partial charge in [0.2, 0.25) is 0 Å². The Morgan fingerprint density at radius 1 is 1.45 bits per heavy atom. The number of ether oxygens (including phenoxy) is 1. The number of imidazole rings is 1. The van der Waals surface area contributed by atoms with Gasteiger partial charge in [0, 0.05) is 6.07 Å². The number of hydrogen-bond acceptors (Lipinski definition) is 2. The molecule has 0 radical (unpaired) electrons. The van der Waals surface area contributed by atoms with Crippen molar-refractivity contribution >= 4 is 38.6 Å². The first kappa shape index (κ1) is 13.0. The monoisotopic (exact) mass is 358 g/mol. The van der Waals surface area contributed by atoms with E-state index in [0.29, 0.717) is 16.5 Å². The van der Waals surface area contributed by atoms with E-state index in [2.05, 4.69) is 25.5 Å². The van der Waals surface area contributed by atoms with Gasteiger partial charge in [-0.25, -0.2) is 9.37 Å². The minimum absolute atomic E-state index is 0.214. The van der Waals surface area contributed by atoms with Crippen molar-refractivity contribution in [3.05, 3.63) is 28.2 Å². The maximum absolute atomic E-state index is 13.9. The van der Waals surface area contributed by atoms with E-state index in [1.165, 1.54) is 6.07 Å². The summed E-state index contributed by atoms with van der Waals surface area (Å²) >= 11 is 9.24. The van der Waals surface area contributed by atoms with E-state index in [4.69, 9.17) is 16.3 Å². The highest BCUT2D eigenvalue weighted by atomic mass is 79.9. The number of alkyl halides is 1. The number of hydrogen-bond donors (Lipinski definition) is 0. The Balaban J connectivity index is 1.90. The summed E-state index contributed by atoms with van der Waals surface area (Å²) < 4.78 is 22.3. The van der Waals surface area contributed by atoms with Gasteiger partial charge in [0.15, 0.2) is 0 Å². The predicted octanol–water partition coefficient (Wildman–Crippen LogP) is 4.17. The molecular formula is C14H13BrClFN2O. The topological polar surface area (TPSA) is 27.1 Å². The molecule has 2 aliphatic heterocycles. The van der Waals surface area contributed by atoms with E-state index in [1.54, 1.807) is 6.07 Å². The summed E-state index contributed by atoms with van der Waals surface area (Å²) in [7, 11) is 0. The lowest BCUT2D eigenvalue weighted by atomic mass is 9.95. The first-order valence-corrected chi connectivity index (χ1v) is 8.07. The zero-order valence-electron chi connectivity index (χ0n) is 10.7. The van der Waals surface area contributed by atoms with Crippen LogP contribution in [0.3, 0.4) is 0 Å². The van der Waals surface area contributed by atoms with Crippen LogP contribution in [-0.4, -0.2) is 21.8 Å². The lowest BCUT2D eigenvalue weighted by Gasteiger charge is -2.22. The van der Waals surface area contributed by atoms with E-state index in [-0.39, 0.29) is 18.0 Å². The van der Waals surface area contributed by atoms with Gasteiger partial charge in [-0.05, 0) is 41.3 Å². The van der Waals surface area contributed by atoms with Crippen molar-refractivity contribution in [2.45, 2.75) is 43.4 Å². The molecule has 6 heteroatoms. The van der Waals surface area contributed by atoms with Crippen LogP contribution >= 0.6 is 27.5 Å². The molecule has 0 N–H and O–H groups in total. The van der Waals surface area contributed by atoms with Crippen LogP contribution in [0.2, 0.25) is 0 Å². The molecule has 2 fully saturated rings. The predicted molar refractivity (Wildman–Crippen MR) is 78.5 cm³/mol. The average molecular weight is 360 g/mol. The van der Waals surface area contributed by atoms with E-state index >= 15 is 0 Å². The maximum atomic E-state index is 13.9. The molecule has 106 valence electrons. The highest BCUT2D eigenvalue weighted by molar-refractivity contribution is 9.10. The van der Waals surface area contributed by atoms with Crippen molar-refractivity contribution < 1.29 is 9.13 Å². The number of rotatable bonds is 2. The van der Waals surface area contributed by atoms with Crippen molar-refractivity contribution in [2.24, 2.45) is 0 Å². The Morgan fingerprint density at radius 3 is 2.95 bits per heavy atom. The Hall–Kier alpha value is -0.650. The van der Waals surface area contributed by atoms with Gasteiger partial charge in [-0.3, -0.25) is 0 Å². The average Bonchev–Trinajstić information content (AvgIpc) is 3.12. The normalized spacial score (nSPS) is 28.6. The molecule has 0 aliphatic carbocycles. The van der Waals surface area contributed by atoms with Crippen molar-refractivity contribution in [2.75, 3.05) is 0 Å². The van der Waals surface area contributed by atoms with Crippen LogP contribution in [-0.2, 0) is 10.6 Å². The van der Waals surface area contributed by atoms with Crippen LogP contribution < -0.4 is 0 Å². The number of halogens is 3. The number of aromatic nitrogens is 2. The van der Waals surface area contributed by atoms with Gasteiger partial charge in [0.1, 0.15) is 11.6 Å². The summed E-state index contributed by atoms with van der Waals surface area (Å²) in [6, 6.07) is 3.48. The standard InChI is InChI=1S/C14H13BrClFN2O/c15-8-4-10-11(5-9(8)17)19(14(6-16)18-10)12-3-7-1-2-13(12)20-7/h4-5,7,12-13H,1-3,6H2. The van der Waals surface area contributed by atoms with E-state index < -0.39 is 0 Å². The van der Waals surface area contributed by atoms with E-state index in [1.807, 2.05) is 0 Å². The third-order valence-corrected chi connectivity index (χ3v) is 5.18. The number of nitrogens with zero attached hydrogens (tertiary/aromatic N) is 2. The third kappa shape index (κ3) is 1.83. The lowest BCUT2D eigenvalue weighted by molar-refractivity contribution is 0.0940. The van der Waals surface area contributed by atoms with Gasteiger partial charge in [-0.15, -0.1) is 11.6 Å². The molecule has 4 rings (SSSR count). The molecule has 1 aromatic heterocycles. The largest absolute Gasteiger partial charge is 0.373 e. The van der Waals surface area contributed by atoms with Crippen LogP contribution in [0.15, 0.2) is 16.6 Å². The second kappa shape index (κ2) is 4.68. The summed E-state index contributed by atoms with van der Waals surface area (Å²) in [6.07, 6.45) is 3.72. The molecule has 1 aromatic carbocycles. The Morgan fingerprint density at radius 2 is 2.30 bits per heavy atom. The highest BCUT2D eigenvalue weighted by Gasteiger charge is 2.42. The lowest BCUT2D eigenvalue weighted by Crippen LogP contribution is -2.22. The second-order valence-corrected chi connectivity index (χ2v) is 6.59. The fourth-order valence-corrected chi connectivity index (χ4v) is 4.01. The molecule has 2 bridgehead atoms. The maximum Gasteiger partial charge on any atom is 0.139 e. The molecule has 3 heterocycles. The highest BCUT2D eigenvalue weighted by Crippen LogP contribution is 2.43. The molecule has 2 aromatic rings. The molecule has 0 amide bonds. The summed E-state index contributed by atoms with van der Waals surface area (Å²) in [5.74, 6) is 0.839. The molecule has 0 spiro atoms. The van der Waals surface area contributed by atoms with Crippen LogP contribution in [0.5, 0.6) is 0 Å². The summed E-state index contributed by atoms with van der Waals surface area (Å²) in [6.45, 7) is 0. The van der Waals surface area contributed by atoms with Crippen molar-refractivity contribution in [3.8, 4) is 0 Å². The van der Waals surface area contributed by atoms with Crippen LogP contribution in [0.1, 0.15) is 31.1 Å². The Bertz CT molecular complexity index is 689. The molecule has 3 nitrogen and oxygen atoms in total. The second-order valence-electron chi connectivity index (χ2n) is 5.46. The summed E-state index contributed by atoms with van der Waals surface area (Å²) in [4.78, 5) is 4.54. The minimum atomic E-state index is -0.274. The Kier molecular flexibility index (Phi) is 3.05. The van der Waals surface area contributed by atoms with Gasteiger partial charge in [0.25, 0.3) is 0 Å². The van der Waals surface area contributed by atoms with Crippen LogP contribution in [0.4, 0.5) is 4.39 Å². The van der Waals surface area contributed by atoms with Crippen LogP contribution in [0.25, 0.3) is 11.0 Å². The van der Waals surface area contributed by atoms with E-state index in [9.17, 15) is 4.39 Å². The zero-order valence-corrected chi connectivity index (χ0v) is 13.0. The van der Waals surface area contributed by atoms with Gasteiger partial charge in [0.05, 0.1) is 39.6 Å². The molecular weight excluding hydrogens is 347 g/mol. The zero-order chi connectivity index (χ0) is 13.9. The molecule has 3 unspecified atom stereocenters. The van der Waals surface area contributed by atoms with Crippen LogP contribution in [0, 0.1) is 5.82 Å². The molecule has 2 saturated heterocycles. The van der Waals surface area contributed by atoms with Gasteiger partial charge in [-0.2, -0.15) is 0 Å². The number of benzene rings is 1. The van der Waals surface area contributed by atoms with E-state index in [0.717, 1.165) is 36.1 Å². The Labute approximate surface area is 129 Å². The van der Waals surface area contributed by atoms with Crippen molar-refractivity contribution in [1.29, 1.82) is 0 Å². The SMILES string of the molecule is Fc1cc2c(cc1Br)nc(CCl)n2C1CC2CCC1O2. The molecule has 20 heavy (non-hydrogen) atoms.